The largest absolute Gasteiger partial charge is 0.494 e. The number of sulfonamides is 1. The summed E-state index contributed by atoms with van der Waals surface area (Å²) in [5.41, 5.74) is 0.458. The molecular formula is C17H26N2O4S. The number of ether oxygens (including phenoxy) is 1. The van der Waals surface area contributed by atoms with E-state index >= 15 is 0 Å². The number of carbonyl (C=O) groups is 1. The maximum atomic E-state index is 12.3. The van der Waals surface area contributed by atoms with Crippen LogP contribution < -0.4 is 14.4 Å². The first-order valence-electron chi connectivity index (χ1n) is 8.40. The first-order valence-corrected chi connectivity index (χ1v) is 10.2. The van der Waals surface area contributed by atoms with E-state index in [4.69, 9.17) is 4.74 Å². The molecule has 1 saturated carbocycles. The average Bonchev–Trinajstić information content (AvgIpc) is 2.54. The van der Waals surface area contributed by atoms with Crippen LogP contribution in [0.15, 0.2) is 24.3 Å². The molecule has 1 aromatic carbocycles. The second kappa shape index (κ2) is 8.37. The van der Waals surface area contributed by atoms with Crippen molar-refractivity contribution < 1.29 is 17.9 Å². The molecule has 1 aliphatic carbocycles. The first kappa shape index (κ1) is 18.6. The van der Waals surface area contributed by atoms with Gasteiger partial charge in [-0.2, -0.15) is 0 Å². The Balaban J connectivity index is 2.06. The number of nitrogens with one attached hydrogen (secondary N) is 1. The van der Waals surface area contributed by atoms with Crippen LogP contribution in [0, 0.1) is 0 Å². The van der Waals surface area contributed by atoms with E-state index in [1.807, 2.05) is 6.92 Å². The quantitative estimate of drug-likeness (QED) is 0.815. The highest BCUT2D eigenvalue weighted by Gasteiger charge is 2.23. The van der Waals surface area contributed by atoms with Crippen LogP contribution in [0.5, 0.6) is 5.75 Å². The lowest BCUT2D eigenvalue weighted by Crippen LogP contribution is -2.44. The average molecular weight is 354 g/mol. The predicted octanol–water partition coefficient (Wildman–Crippen LogP) is 2.30. The van der Waals surface area contributed by atoms with Crippen molar-refractivity contribution in [2.45, 2.75) is 45.1 Å². The number of hydrogen-bond acceptors (Lipinski definition) is 4. The van der Waals surface area contributed by atoms with Crippen LogP contribution in [-0.4, -0.2) is 39.8 Å². The van der Waals surface area contributed by atoms with Gasteiger partial charge in [-0.1, -0.05) is 19.3 Å². The van der Waals surface area contributed by atoms with Crippen molar-refractivity contribution in [2.24, 2.45) is 0 Å². The second-order valence-electron chi connectivity index (χ2n) is 6.10. The molecule has 1 fully saturated rings. The van der Waals surface area contributed by atoms with Crippen LogP contribution in [0.25, 0.3) is 0 Å². The predicted molar refractivity (Wildman–Crippen MR) is 94.8 cm³/mol. The van der Waals surface area contributed by atoms with E-state index in [-0.39, 0.29) is 18.5 Å². The van der Waals surface area contributed by atoms with Crippen LogP contribution in [0.2, 0.25) is 0 Å². The fourth-order valence-corrected chi connectivity index (χ4v) is 3.78. The van der Waals surface area contributed by atoms with Crippen molar-refractivity contribution in [3.8, 4) is 5.75 Å². The Kier molecular flexibility index (Phi) is 6.48. The van der Waals surface area contributed by atoms with Gasteiger partial charge in [-0.05, 0) is 44.0 Å². The number of amides is 1. The van der Waals surface area contributed by atoms with Crippen LogP contribution in [0.1, 0.15) is 39.0 Å². The molecule has 0 heterocycles. The van der Waals surface area contributed by atoms with Gasteiger partial charge in [0.15, 0.2) is 0 Å². The summed E-state index contributed by atoms with van der Waals surface area (Å²) < 4.78 is 30.7. The highest BCUT2D eigenvalue weighted by molar-refractivity contribution is 7.92. The molecule has 1 aliphatic rings. The zero-order valence-corrected chi connectivity index (χ0v) is 15.1. The minimum Gasteiger partial charge on any atom is -0.494 e. The van der Waals surface area contributed by atoms with Crippen molar-refractivity contribution >= 4 is 21.6 Å². The van der Waals surface area contributed by atoms with Gasteiger partial charge in [0.2, 0.25) is 15.9 Å². The molecule has 0 unspecified atom stereocenters. The lowest BCUT2D eigenvalue weighted by molar-refractivity contribution is -0.120. The normalized spacial score (nSPS) is 15.8. The van der Waals surface area contributed by atoms with E-state index in [0.29, 0.717) is 18.0 Å². The molecule has 0 radical (unpaired) electrons. The zero-order valence-electron chi connectivity index (χ0n) is 14.3. The summed E-state index contributed by atoms with van der Waals surface area (Å²) in [7, 11) is -3.55. The van der Waals surface area contributed by atoms with Gasteiger partial charge in [-0.15, -0.1) is 0 Å². The Labute approximate surface area is 144 Å². The van der Waals surface area contributed by atoms with Crippen molar-refractivity contribution in [3.05, 3.63) is 24.3 Å². The Morgan fingerprint density at radius 1 is 1.21 bits per heavy atom. The maximum absolute atomic E-state index is 12.3. The van der Waals surface area contributed by atoms with Gasteiger partial charge < -0.3 is 10.1 Å². The fourth-order valence-electron chi connectivity index (χ4n) is 2.93. The third-order valence-electron chi connectivity index (χ3n) is 4.09. The Hall–Kier alpha value is -1.76. The smallest absolute Gasteiger partial charge is 0.240 e. The third kappa shape index (κ3) is 5.40. The van der Waals surface area contributed by atoms with E-state index in [9.17, 15) is 13.2 Å². The third-order valence-corrected chi connectivity index (χ3v) is 5.23. The minimum absolute atomic E-state index is 0.160. The monoisotopic (exact) mass is 354 g/mol. The zero-order chi connectivity index (χ0) is 17.6. The Morgan fingerprint density at radius 3 is 2.38 bits per heavy atom. The van der Waals surface area contributed by atoms with Gasteiger partial charge in [0.05, 0.1) is 18.6 Å². The van der Waals surface area contributed by atoms with Crippen LogP contribution in [0.4, 0.5) is 5.69 Å². The standard InChI is InChI=1S/C17H26N2O4S/c1-3-23-16-11-9-15(10-12-16)19(24(2,21)22)13-17(20)18-14-7-5-4-6-8-14/h9-12,14H,3-8,13H2,1-2H3,(H,18,20). The van der Waals surface area contributed by atoms with Crippen molar-refractivity contribution in [1.82, 2.24) is 5.32 Å². The van der Waals surface area contributed by atoms with Gasteiger partial charge in [0.25, 0.3) is 0 Å². The molecule has 0 atom stereocenters. The van der Waals surface area contributed by atoms with Crippen LogP contribution in [0.3, 0.4) is 0 Å². The summed E-state index contributed by atoms with van der Waals surface area (Å²) >= 11 is 0. The number of nitrogens with zero attached hydrogens (tertiary/aromatic N) is 1. The Bertz CT molecular complexity index is 637. The number of anilines is 1. The summed E-state index contributed by atoms with van der Waals surface area (Å²) in [5, 5.41) is 2.95. The Morgan fingerprint density at radius 2 is 1.83 bits per heavy atom. The lowest BCUT2D eigenvalue weighted by atomic mass is 9.95. The van der Waals surface area contributed by atoms with E-state index in [1.165, 1.54) is 6.42 Å². The molecular weight excluding hydrogens is 328 g/mol. The van der Waals surface area contributed by atoms with Crippen molar-refractivity contribution in [2.75, 3.05) is 23.7 Å². The molecule has 6 nitrogen and oxygen atoms in total. The molecule has 0 bridgehead atoms. The van der Waals surface area contributed by atoms with Crippen molar-refractivity contribution in [3.63, 3.8) is 0 Å². The highest BCUT2D eigenvalue weighted by atomic mass is 32.2. The minimum atomic E-state index is -3.55. The summed E-state index contributed by atoms with van der Waals surface area (Å²) in [5.74, 6) is 0.405. The topological polar surface area (TPSA) is 75.7 Å². The van der Waals surface area contributed by atoms with Crippen LogP contribution in [-0.2, 0) is 14.8 Å². The number of carbonyl (C=O) groups excluding carboxylic acids is 1. The molecule has 1 amide bonds. The van der Waals surface area contributed by atoms with Gasteiger partial charge in [0, 0.05) is 6.04 Å². The molecule has 0 aliphatic heterocycles. The molecule has 0 aromatic heterocycles. The van der Waals surface area contributed by atoms with E-state index in [2.05, 4.69) is 5.32 Å². The van der Waals surface area contributed by atoms with E-state index in [0.717, 1.165) is 36.2 Å². The lowest BCUT2D eigenvalue weighted by Gasteiger charge is -2.26. The molecule has 134 valence electrons. The first-order chi connectivity index (χ1) is 11.4. The second-order valence-corrected chi connectivity index (χ2v) is 8.01. The molecule has 24 heavy (non-hydrogen) atoms. The summed E-state index contributed by atoms with van der Waals surface area (Å²) in [4.78, 5) is 12.3. The summed E-state index contributed by atoms with van der Waals surface area (Å²) in [6.45, 7) is 2.22. The summed E-state index contributed by atoms with van der Waals surface area (Å²) in [6.07, 6.45) is 6.46. The van der Waals surface area contributed by atoms with Crippen LogP contribution >= 0.6 is 0 Å². The summed E-state index contributed by atoms with van der Waals surface area (Å²) in [6, 6.07) is 6.87. The van der Waals surface area contributed by atoms with E-state index < -0.39 is 10.0 Å². The van der Waals surface area contributed by atoms with Gasteiger partial charge >= 0.3 is 0 Å². The van der Waals surface area contributed by atoms with E-state index in [1.54, 1.807) is 24.3 Å². The molecule has 0 spiro atoms. The number of rotatable bonds is 7. The fraction of sp³-hybridized carbons (Fsp3) is 0.588. The molecule has 7 heteroatoms. The molecule has 1 aromatic rings. The van der Waals surface area contributed by atoms with Gasteiger partial charge in [0.1, 0.15) is 12.3 Å². The number of benzene rings is 1. The van der Waals surface area contributed by atoms with Gasteiger partial charge in [-0.25, -0.2) is 8.42 Å². The highest BCUT2D eigenvalue weighted by Crippen LogP contribution is 2.22. The molecule has 1 N–H and O–H groups in total. The SMILES string of the molecule is CCOc1ccc(N(CC(=O)NC2CCCCC2)S(C)(=O)=O)cc1. The van der Waals surface area contributed by atoms with Gasteiger partial charge in [-0.3, -0.25) is 9.10 Å². The maximum Gasteiger partial charge on any atom is 0.240 e. The number of hydrogen-bond donors (Lipinski definition) is 1. The molecule has 2 rings (SSSR count). The van der Waals surface area contributed by atoms with Crippen molar-refractivity contribution in [1.29, 1.82) is 0 Å². The molecule has 0 saturated heterocycles.